The normalized spacial score (nSPS) is 9.15. The highest BCUT2D eigenvalue weighted by Gasteiger charge is 1.97. The fraction of sp³-hybridized carbons (Fsp3) is 0.222. The molecule has 0 atom stereocenters. The Balaban J connectivity index is 2.81. The Morgan fingerprint density at radius 2 is 2.15 bits per heavy atom. The third-order valence-corrected chi connectivity index (χ3v) is 1.95. The Labute approximate surface area is 86.5 Å². The van der Waals surface area contributed by atoms with Crippen LogP contribution in [0.3, 0.4) is 0 Å². The lowest BCUT2D eigenvalue weighted by Crippen LogP contribution is -1.84. The Kier molecular flexibility index (Phi) is 4.04. The third kappa shape index (κ3) is 3.23. The van der Waals surface area contributed by atoms with E-state index >= 15 is 0 Å². The molecule has 0 bridgehead atoms. The first-order chi connectivity index (χ1) is 6.24. The van der Waals surface area contributed by atoms with E-state index in [2.05, 4.69) is 16.8 Å². The summed E-state index contributed by atoms with van der Waals surface area (Å²) in [5.74, 6) is 5.48. The van der Waals surface area contributed by atoms with Crippen LogP contribution in [0, 0.1) is 11.8 Å². The number of pyridine rings is 1. The smallest absolute Gasteiger partial charge is 0.149 e. The third-order valence-electron chi connectivity index (χ3n) is 1.26. The Morgan fingerprint density at radius 1 is 1.38 bits per heavy atom. The summed E-state index contributed by atoms with van der Waals surface area (Å²) in [5, 5.41) is 9.13. The van der Waals surface area contributed by atoms with Crippen molar-refractivity contribution in [1.82, 2.24) is 4.98 Å². The molecule has 1 rings (SSSR count). The lowest BCUT2D eigenvalue weighted by atomic mass is 10.3. The van der Waals surface area contributed by atoms with E-state index in [0.29, 0.717) is 17.1 Å². The van der Waals surface area contributed by atoms with Gasteiger partial charge in [-0.05, 0) is 18.1 Å². The molecule has 0 fully saturated rings. The van der Waals surface area contributed by atoms with Crippen LogP contribution in [0.25, 0.3) is 0 Å². The summed E-state index contributed by atoms with van der Waals surface area (Å²) < 4.78 is 0. The number of aliphatic hydroxyl groups excluding tert-OH is 1. The average Bonchev–Trinajstić information content (AvgIpc) is 2.12. The zero-order valence-corrected chi connectivity index (χ0v) is 8.23. The van der Waals surface area contributed by atoms with Gasteiger partial charge in [0, 0.05) is 6.42 Å². The van der Waals surface area contributed by atoms with Crippen molar-refractivity contribution in [3.05, 3.63) is 28.0 Å². The van der Waals surface area contributed by atoms with Crippen molar-refractivity contribution in [3.8, 4) is 11.8 Å². The van der Waals surface area contributed by atoms with Crippen LogP contribution in [-0.2, 0) is 0 Å². The highest BCUT2D eigenvalue weighted by molar-refractivity contribution is 6.41. The molecule has 1 aromatic rings. The molecule has 0 radical (unpaired) electrons. The fourth-order valence-corrected chi connectivity index (χ4v) is 0.955. The average molecular weight is 216 g/mol. The molecule has 0 aromatic carbocycles. The zero-order chi connectivity index (χ0) is 9.68. The SMILES string of the molecule is OCCC#Cc1ccc(Cl)c(Cl)n1. The van der Waals surface area contributed by atoms with Crippen LogP contribution in [0.2, 0.25) is 10.2 Å². The van der Waals surface area contributed by atoms with Crippen LogP contribution < -0.4 is 0 Å². The lowest BCUT2D eigenvalue weighted by Gasteiger charge is -1.93. The summed E-state index contributed by atoms with van der Waals surface area (Å²) in [6.07, 6.45) is 0.432. The molecule has 0 saturated heterocycles. The van der Waals surface area contributed by atoms with Gasteiger partial charge in [0.15, 0.2) is 0 Å². The van der Waals surface area contributed by atoms with Crippen LogP contribution in [-0.4, -0.2) is 16.7 Å². The predicted octanol–water partition coefficient (Wildman–Crippen LogP) is 2.12. The summed E-state index contributed by atoms with van der Waals surface area (Å²) in [7, 11) is 0. The topological polar surface area (TPSA) is 33.1 Å². The molecule has 0 amide bonds. The van der Waals surface area contributed by atoms with Gasteiger partial charge in [-0.25, -0.2) is 4.98 Å². The maximum absolute atomic E-state index is 8.47. The van der Waals surface area contributed by atoms with E-state index in [4.69, 9.17) is 28.3 Å². The highest BCUT2D eigenvalue weighted by atomic mass is 35.5. The molecule has 68 valence electrons. The van der Waals surface area contributed by atoms with Crippen molar-refractivity contribution in [1.29, 1.82) is 0 Å². The number of hydrogen-bond donors (Lipinski definition) is 1. The minimum atomic E-state index is 0.0499. The van der Waals surface area contributed by atoms with Crippen molar-refractivity contribution in [2.45, 2.75) is 6.42 Å². The van der Waals surface area contributed by atoms with Gasteiger partial charge in [0.1, 0.15) is 10.8 Å². The van der Waals surface area contributed by atoms with Crippen LogP contribution in [0.1, 0.15) is 12.1 Å². The van der Waals surface area contributed by atoms with Gasteiger partial charge in [0.25, 0.3) is 0 Å². The van der Waals surface area contributed by atoms with Gasteiger partial charge >= 0.3 is 0 Å². The van der Waals surface area contributed by atoms with E-state index in [-0.39, 0.29) is 11.8 Å². The molecule has 0 aliphatic carbocycles. The van der Waals surface area contributed by atoms with Crippen LogP contribution in [0.15, 0.2) is 12.1 Å². The largest absolute Gasteiger partial charge is 0.395 e. The van der Waals surface area contributed by atoms with Crippen molar-refractivity contribution >= 4 is 23.2 Å². The zero-order valence-electron chi connectivity index (χ0n) is 6.72. The summed E-state index contributed by atoms with van der Waals surface area (Å²) in [6, 6.07) is 3.32. The highest BCUT2D eigenvalue weighted by Crippen LogP contribution is 2.18. The van der Waals surface area contributed by atoms with E-state index < -0.39 is 0 Å². The summed E-state index contributed by atoms with van der Waals surface area (Å²) in [6.45, 7) is 0.0499. The van der Waals surface area contributed by atoms with Crippen molar-refractivity contribution in [2.75, 3.05) is 6.61 Å². The molecular weight excluding hydrogens is 209 g/mol. The Bertz CT molecular complexity index is 354. The molecule has 0 spiro atoms. The number of halogens is 2. The maximum atomic E-state index is 8.47. The second-order valence-electron chi connectivity index (χ2n) is 2.24. The maximum Gasteiger partial charge on any atom is 0.149 e. The second-order valence-corrected chi connectivity index (χ2v) is 3.01. The molecule has 2 nitrogen and oxygen atoms in total. The molecular formula is C9H7Cl2NO. The molecule has 0 aliphatic rings. The number of rotatable bonds is 1. The van der Waals surface area contributed by atoms with Gasteiger partial charge in [-0.1, -0.05) is 29.1 Å². The van der Waals surface area contributed by atoms with Crippen LogP contribution in [0.5, 0.6) is 0 Å². The minimum Gasteiger partial charge on any atom is -0.395 e. The van der Waals surface area contributed by atoms with Gasteiger partial charge < -0.3 is 5.11 Å². The quantitative estimate of drug-likeness (QED) is 0.576. The Hall–Kier alpha value is -0.750. The van der Waals surface area contributed by atoms with Gasteiger partial charge in [0.05, 0.1) is 11.6 Å². The molecule has 0 aliphatic heterocycles. The molecule has 0 unspecified atom stereocenters. The summed E-state index contributed by atoms with van der Waals surface area (Å²) in [4.78, 5) is 3.92. The standard InChI is InChI=1S/C9H7Cl2NO/c10-8-5-4-7(12-9(8)11)3-1-2-6-13/h4-5,13H,2,6H2. The second kappa shape index (κ2) is 5.08. The first-order valence-corrected chi connectivity index (χ1v) is 4.41. The molecule has 4 heteroatoms. The first kappa shape index (κ1) is 10.3. The molecule has 1 heterocycles. The van der Waals surface area contributed by atoms with E-state index in [9.17, 15) is 0 Å². The van der Waals surface area contributed by atoms with E-state index in [1.165, 1.54) is 0 Å². The van der Waals surface area contributed by atoms with Gasteiger partial charge in [-0.3, -0.25) is 0 Å². The van der Waals surface area contributed by atoms with Gasteiger partial charge in [-0.2, -0.15) is 0 Å². The van der Waals surface area contributed by atoms with E-state index in [0.717, 1.165) is 0 Å². The van der Waals surface area contributed by atoms with Gasteiger partial charge in [-0.15, -0.1) is 0 Å². The molecule has 13 heavy (non-hydrogen) atoms. The van der Waals surface area contributed by atoms with Crippen molar-refractivity contribution in [2.24, 2.45) is 0 Å². The number of hydrogen-bond acceptors (Lipinski definition) is 2. The van der Waals surface area contributed by atoms with Crippen LogP contribution in [0.4, 0.5) is 0 Å². The first-order valence-electron chi connectivity index (χ1n) is 3.66. The molecule has 1 aromatic heterocycles. The number of aliphatic hydroxyl groups is 1. The van der Waals surface area contributed by atoms with Crippen molar-refractivity contribution in [3.63, 3.8) is 0 Å². The van der Waals surface area contributed by atoms with E-state index in [1.54, 1.807) is 12.1 Å². The molecule has 1 N–H and O–H groups in total. The summed E-state index contributed by atoms with van der Waals surface area (Å²) in [5.41, 5.74) is 0.558. The minimum absolute atomic E-state index is 0.0499. The Morgan fingerprint density at radius 3 is 2.77 bits per heavy atom. The van der Waals surface area contributed by atoms with Crippen molar-refractivity contribution < 1.29 is 5.11 Å². The van der Waals surface area contributed by atoms with Gasteiger partial charge in [0.2, 0.25) is 0 Å². The number of nitrogens with zero attached hydrogens (tertiary/aromatic N) is 1. The fourth-order valence-electron chi connectivity index (χ4n) is 0.696. The summed E-state index contributed by atoms with van der Waals surface area (Å²) >= 11 is 11.3. The molecule has 0 saturated carbocycles. The lowest BCUT2D eigenvalue weighted by molar-refractivity contribution is 0.305. The van der Waals surface area contributed by atoms with E-state index in [1.807, 2.05) is 0 Å². The van der Waals surface area contributed by atoms with Crippen LogP contribution >= 0.6 is 23.2 Å². The monoisotopic (exact) mass is 215 g/mol. The predicted molar refractivity (Wildman–Crippen MR) is 52.8 cm³/mol. The number of aromatic nitrogens is 1.